The van der Waals surface area contributed by atoms with Crippen LogP contribution in [0.15, 0.2) is 18.2 Å². The molecule has 5 heteroatoms. The van der Waals surface area contributed by atoms with Gasteiger partial charge in [-0.1, -0.05) is 29.3 Å². The highest BCUT2D eigenvalue weighted by molar-refractivity contribution is 6.42. The van der Waals surface area contributed by atoms with Gasteiger partial charge in [0.15, 0.2) is 0 Å². The number of carbonyl (C=O) groups excluding carboxylic acids is 1. The number of esters is 1. The predicted octanol–water partition coefficient (Wildman–Crippen LogP) is 3.42. The van der Waals surface area contributed by atoms with Crippen LogP contribution in [0.2, 0.25) is 10.0 Å². The van der Waals surface area contributed by atoms with Gasteiger partial charge in [0.1, 0.15) is 0 Å². The number of halogens is 2. The minimum atomic E-state index is -0.188. The summed E-state index contributed by atoms with van der Waals surface area (Å²) in [6.45, 7) is 4.79. The second-order valence-corrected chi connectivity index (χ2v) is 4.85. The van der Waals surface area contributed by atoms with E-state index in [1.165, 1.54) is 0 Å². The Balaban J connectivity index is 2.40. The molecule has 0 aliphatic heterocycles. The lowest BCUT2D eigenvalue weighted by Gasteiger charge is -2.13. The van der Waals surface area contributed by atoms with Gasteiger partial charge in [-0.2, -0.15) is 0 Å². The first-order chi connectivity index (χ1) is 8.52. The molecule has 1 atom stereocenters. The van der Waals surface area contributed by atoms with Crippen LogP contribution in [0.4, 0.5) is 0 Å². The molecule has 0 aliphatic carbocycles. The lowest BCUT2D eigenvalue weighted by atomic mass is 10.2. The van der Waals surface area contributed by atoms with Crippen molar-refractivity contribution < 1.29 is 9.53 Å². The van der Waals surface area contributed by atoms with Gasteiger partial charge in [0.05, 0.1) is 23.1 Å². The highest BCUT2D eigenvalue weighted by Crippen LogP contribution is 2.22. The second-order valence-electron chi connectivity index (χ2n) is 4.04. The standard InChI is InChI=1S/C13H17Cl2NO2/c1-3-18-13(17)6-9(2)16-8-10-4-5-11(14)12(15)7-10/h4-5,7,9,16H,3,6,8H2,1-2H3. The van der Waals surface area contributed by atoms with Crippen molar-refractivity contribution in [1.82, 2.24) is 5.32 Å². The van der Waals surface area contributed by atoms with Crippen molar-refractivity contribution in [3.63, 3.8) is 0 Å². The Morgan fingerprint density at radius 3 is 2.72 bits per heavy atom. The van der Waals surface area contributed by atoms with E-state index in [-0.39, 0.29) is 12.0 Å². The third-order valence-corrected chi connectivity index (χ3v) is 3.16. The summed E-state index contributed by atoms with van der Waals surface area (Å²) in [5, 5.41) is 4.31. The van der Waals surface area contributed by atoms with Crippen LogP contribution in [0.25, 0.3) is 0 Å². The largest absolute Gasteiger partial charge is 0.466 e. The molecule has 0 aliphatic rings. The van der Waals surface area contributed by atoms with Gasteiger partial charge >= 0.3 is 5.97 Å². The fourth-order valence-corrected chi connectivity index (χ4v) is 1.80. The Morgan fingerprint density at radius 2 is 2.11 bits per heavy atom. The van der Waals surface area contributed by atoms with Gasteiger partial charge in [0.25, 0.3) is 0 Å². The summed E-state index contributed by atoms with van der Waals surface area (Å²) in [6, 6.07) is 5.53. The lowest BCUT2D eigenvalue weighted by molar-refractivity contribution is -0.143. The molecule has 3 nitrogen and oxygen atoms in total. The van der Waals surface area contributed by atoms with Crippen LogP contribution in [-0.2, 0) is 16.1 Å². The van der Waals surface area contributed by atoms with Gasteiger partial charge in [0.2, 0.25) is 0 Å². The number of nitrogens with one attached hydrogen (secondary N) is 1. The van der Waals surface area contributed by atoms with Crippen molar-refractivity contribution in [2.24, 2.45) is 0 Å². The number of rotatable bonds is 6. The molecule has 100 valence electrons. The Kier molecular flexibility index (Phi) is 6.47. The molecule has 0 radical (unpaired) electrons. The molecule has 0 heterocycles. The topological polar surface area (TPSA) is 38.3 Å². The zero-order chi connectivity index (χ0) is 13.5. The van der Waals surface area contributed by atoms with Crippen molar-refractivity contribution >= 4 is 29.2 Å². The third-order valence-electron chi connectivity index (χ3n) is 2.42. The first-order valence-electron chi connectivity index (χ1n) is 5.85. The van der Waals surface area contributed by atoms with Gasteiger partial charge in [0, 0.05) is 12.6 Å². The summed E-state index contributed by atoms with van der Waals surface area (Å²) in [7, 11) is 0. The summed E-state index contributed by atoms with van der Waals surface area (Å²) < 4.78 is 4.88. The van der Waals surface area contributed by atoms with E-state index in [1.54, 1.807) is 13.0 Å². The maximum atomic E-state index is 11.3. The maximum absolute atomic E-state index is 11.3. The van der Waals surface area contributed by atoms with Crippen molar-refractivity contribution in [3.8, 4) is 0 Å². The van der Waals surface area contributed by atoms with Gasteiger partial charge < -0.3 is 10.1 Å². The summed E-state index contributed by atoms with van der Waals surface area (Å²) in [5.41, 5.74) is 1.03. The van der Waals surface area contributed by atoms with E-state index in [9.17, 15) is 4.79 Å². The minimum absolute atomic E-state index is 0.0542. The number of carbonyl (C=O) groups is 1. The van der Waals surface area contributed by atoms with E-state index in [2.05, 4.69) is 5.32 Å². The first kappa shape index (κ1) is 15.3. The smallest absolute Gasteiger partial charge is 0.307 e. The fourth-order valence-electron chi connectivity index (χ4n) is 1.48. The van der Waals surface area contributed by atoms with Crippen LogP contribution < -0.4 is 5.32 Å². The fraction of sp³-hybridized carbons (Fsp3) is 0.462. The zero-order valence-electron chi connectivity index (χ0n) is 10.5. The minimum Gasteiger partial charge on any atom is -0.466 e. The van der Waals surface area contributed by atoms with Crippen molar-refractivity contribution in [2.75, 3.05) is 6.61 Å². The molecule has 0 saturated heterocycles. The average Bonchev–Trinajstić information content (AvgIpc) is 2.31. The third kappa shape index (κ3) is 5.25. The monoisotopic (exact) mass is 289 g/mol. The zero-order valence-corrected chi connectivity index (χ0v) is 12.0. The van der Waals surface area contributed by atoms with Gasteiger partial charge in [-0.05, 0) is 31.5 Å². The van der Waals surface area contributed by atoms with E-state index in [1.807, 2.05) is 19.1 Å². The molecule has 1 rings (SSSR count). The molecule has 0 bridgehead atoms. The molecule has 0 saturated carbocycles. The second kappa shape index (κ2) is 7.62. The van der Waals surface area contributed by atoms with Crippen LogP contribution in [0.1, 0.15) is 25.8 Å². The molecular weight excluding hydrogens is 273 g/mol. The number of hydrogen-bond donors (Lipinski definition) is 1. The van der Waals surface area contributed by atoms with E-state index in [0.29, 0.717) is 29.6 Å². The maximum Gasteiger partial charge on any atom is 0.307 e. The highest BCUT2D eigenvalue weighted by atomic mass is 35.5. The number of hydrogen-bond acceptors (Lipinski definition) is 3. The average molecular weight is 290 g/mol. The predicted molar refractivity (Wildman–Crippen MR) is 74.0 cm³/mol. The first-order valence-corrected chi connectivity index (χ1v) is 6.61. The van der Waals surface area contributed by atoms with Gasteiger partial charge in [-0.3, -0.25) is 4.79 Å². The van der Waals surface area contributed by atoms with E-state index in [4.69, 9.17) is 27.9 Å². The number of benzene rings is 1. The normalized spacial score (nSPS) is 12.2. The molecule has 1 unspecified atom stereocenters. The van der Waals surface area contributed by atoms with Gasteiger partial charge in [-0.15, -0.1) is 0 Å². The van der Waals surface area contributed by atoms with Crippen LogP contribution in [0.3, 0.4) is 0 Å². The SMILES string of the molecule is CCOC(=O)CC(C)NCc1ccc(Cl)c(Cl)c1. The molecule has 0 fully saturated rings. The summed E-state index contributed by atoms with van der Waals surface area (Å²) in [4.78, 5) is 11.3. The van der Waals surface area contributed by atoms with Crippen LogP contribution in [-0.4, -0.2) is 18.6 Å². The molecule has 0 amide bonds. The van der Waals surface area contributed by atoms with E-state index in [0.717, 1.165) is 5.56 Å². The molecular formula is C13H17Cl2NO2. The Hall–Kier alpha value is -0.770. The van der Waals surface area contributed by atoms with Gasteiger partial charge in [-0.25, -0.2) is 0 Å². The van der Waals surface area contributed by atoms with Crippen LogP contribution >= 0.6 is 23.2 Å². The summed E-state index contributed by atoms with van der Waals surface area (Å²) >= 11 is 11.8. The van der Waals surface area contributed by atoms with E-state index < -0.39 is 0 Å². The Labute approximate surface area is 117 Å². The summed E-state index contributed by atoms with van der Waals surface area (Å²) in [6.07, 6.45) is 0.356. The molecule has 18 heavy (non-hydrogen) atoms. The molecule has 1 N–H and O–H groups in total. The molecule has 1 aromatic carbocycles. The van der Waals surface area contributed by atoms with E-state index >= 15 is 0 Å². The summed E-state index contributed by atoms with van der Waals surface area (Å²) in [5.74, 6) is -0.188. The Morgan fingerprint density at radius 1 is 1.39 bits per heavy atom. The van der Waals surface area contributed by atoms with Crippen molar-refractivity contribution in [2.45, 2.75) is 32.9 Å². The highest BCUT2D eigenvalue weighted by Gasteiger charge is 2.09. The van der Waals surface area contributed by atoms with Crippen LogP contribution in [0, 0.1) is 0 Å². The van der Waals surface area contributed by atoms with Crippen molar-refractivity contribution in [3.05, 3.63) is 33.8 Å². The van der Waals surface area contributed by atoms with Crippen molar-refractivity contribution in [1.29, 1.82) is 0 Å². The lowest BCUT2D eigenvalue weighted by Crippen LogP contribution is -2.28. The molecule has 0 aromatic heterocycles. The van der Waals surface area contributed by atoms with Crippen LogP contribution in [0.5, 0.6) is 0 Å². The number of ether oxygens (including phenoxy) is 1. The molecule has 0 spiro atoms. The quantitative estimate of drug-likeness (QED) is 0.816. The molecule has 1 aromatic rings. The Bertz CT molecular complexity index is 410.